The van der Waals surface area contributed by atoms with Crippen molar-refractivity contribution in [3.05, 3.63) is 71.8 Å². The number of ketones is 1. The third-order valence-corrected chi connectivity index (χ3v) is 12.6. The van der Waals surface area contributed by atoms with Gasteiger partial charge in [-0.3, -0.25) is 14.5 Å². The molecular formula is C48H69N3O12. The predicted octanol–water partition coefficient (Wildman–Crippen LogP) is 6.90. The highest BCUT2D eigenvalue weighted by molar-refractivity contribution is 6.00. The van der Waals surface area contributed by atoms with Crippen LogP contribution in [0, 0.1) is 17.8 Å². The van der Waals surface area contributed by atoms with Crippen molar-refractivity contribution in [2.45, 2.75) is 135 Å². The summed E-state index contributed by atoms with van der Waals surface area (Å²) in [5, 5.41) is 0. The fourth-order valence-corrected chi connectivity index (χ4v) is 9.03. The summed E-state index contributed by atoms with van der Waals surface area (Å²) in [4.78, 5) is 75.1. The fraction of sp³-hybridized carbons (Fsp3) is 0.646. The van der Waals surface area contributed by atoms with E-state index in [-0.39, 0.29) is 70.2 Å². The molecule has 0 N–H and O–H groups in total. The number of amides is 2. The lowest BCUT2D eigenvalue weighted by Crippen LogP contribution is -2.62. The van der Waals surface area contributed by atoms with Crippen molar-refractivity contribution >= 4 is 29.9 Å². The van der Waals surface area contributed by atoms with Crippen LogP contribution in [-0.4, -0.2) is 139 Å². The van der Waals surface area contributed by atoms with Gasteiger partial charge in [0, 0.05) is 32.7 Å². The highest BCUT2D eigenvalue weighted by Crippen LogP contribution is 2.39. The first-order valence-corrected chi connectivity index (χ1v) is 22.1. The van der Waals surface area contributed by atoms with E-state index < -0.39 is 77.0 Å². The Bertz CT molecular complexity index is 1860. The minimum Gasteiger partial charge on any atom is -0.463 e. The van der Waals surface area contributed by atoms with Crippen LogP contribution in [0.15, 0.2) is 60.7 Å². The molecule has 5 rings (SSSR count). The van der Waals surface area contributed by atoms with Gasteiger partial charge in [0.05, 0.1) is 35.0 Å². The summed E-state index contributed by atoms with van der Waals surface area (Å²) in [7, 11) is 5.33. The van der Waals surface area contributed by atoms with Crippen LogP contribution in [-0.2, 0) is 49.4 Å². The zero-order valence-electron chi connectivity index (χ0n) is 39.0. The molecule has 2 amide bonds. The molecule has 348 valence electrons. The molecule has 15 nitrogen and oxygen atoms in total. The maximum Gasteiger partial charge on any atom is 0.410 e. The topological polar surface area (TPSA) is 160 Å². The number of Topliss-reactive ketones (excluding diaryl/α,β-unsaturated/α-hetero) is 1. The van der Waals surface area contributed by atoms with Crippen molar-refractivity contribution in [1.82, 2.24) is 14.7 Å². The number of carbonyl (C=O) groups is 5. The second-order valence-electron chi connectivity index (χ2n) is 19.1. The maximum absolute atomic E-state index is 14.5. The quantitative estimate of drug-likeness (QED) is 0.153. The first kappa shape index (κ1) is 49.4. The second kappa shape index (κ2) is 21.0. The number of hydrogen-bond acceptors (Lipinski definition) is 13. The number of likely N-dealkylation sites (tertiary alicyclic amines) is 1. The number of methoxy groups -OCH3 is 1. The van der Waals surface area contributed by atoms with Gasteiger partial charge in [-0.05, 0) is 105 Å². The molecule has 15 heteroatoms. The van der Waals surface area contributed by atoms with Gasteiger partial charge >= 0.3 is 24.1 Å². The molecule has 63 heavy (non-hydrogen) atoms. The lowest BCUT2D eigenvalue weighted by Gasteiger charge is -2.49. The van der Waals surface area contributed by atoms with E-state index in [1.807, 2.05) is 76.2 Å². The average molecular weight is 880 g/mol. The number of likely N-dealkylation sites (N-methyl/N-ethyl adjacent to an activating group) is 1. The van der Waals surface area contributed by atoms with Gasteiger partial charge in [0.15, 0.2) is 18.2 Å². The van der Waals surface area contributed by atoms with Crippen LogP contribution >= 0.6 is 0 Å². The molecule has 3 aliphatic rings. The van der Waals surface area contributed by atoms with Gasteiger partial charge in [-0.2, -0.15) is 0 Å². The van der Waals surface area contributed by atoms with Crippen molar-refractivity contribution in [2.24, 2.45) is 17.8 Å². The second-order valence-corrected chi connectivity index (χ2v) is 19.1. The summed E-state index contributed by atoms with van der Waals surface area (Å²) in [6, 6.07) is 17.7. The third kappa shape index (κ3) is 12.4. The Hall–Kier alpha value is -4.57. The molecule has 0 radical (unpaired) electrons. The average Bonchev–Trinajstić information content (AvgIpc) is 3.25. The Morgan fingerprint density at radius 3 is 2.11 bits per heavy atom. The molecule has 3 saturated heterocycles. The van der Waals surface area contributed by atoms with Crippen LogP contribution in [0.1, 0.15) is 97.0 Å². The van der Waals surface area contributed by atoms with E-state index in [2.05, 4.69) is 0 Å². The molecule has 0 bridgehead atoms. The number of piperidine rings is 1. The summed E-state index contributed by atoms with van der Waals surface area (Å²) in [5.74, 6) is -4.27. The number of rotatable bonds is 8. The van der Waals surface area contributed by atoms with E-state index in [0.29, 0.717) is 12.0 Å². The molecule has 2 aromatic carbocycles. The van der Waals surface area contributed by atoms with Gasteiger partial charge in [0.1, 0.15) is 24.7 Å². The monoisotopic (exact) mass is 879 g/mol. The standard InChI is InChI=1S/C48H69N3O12/c1-31-27-47(8,57-11)40(62-43-39(37(49(9)10)26-32(2)60-43)61-42(54)36-20-16-13-17-21-36)33(3)38(52)34(4)41(53)59-30-48(51(28-31)45(56)63-46(5,6)7)22-24-50(25-23-48)44(55)58-29-35-18-14-12-15-19-35/h12-21,31-34,37,39-40,43H,22-30H2,1-11H3/t31-,32-,33+,34?,37+,39-,40-,43+,47-/m1/s1. The number of benzene rings is 2. The third-order valence-electron chi connectivity index (χ3n) is 12.6. The number of carbonyl (C=O) groups excluding carboxylic acids is 5. The molecule has 0 saturated carbocycles. The molecule has 3 heterocycles. The van der Waals surface area contributed by atoms with Gasteiger partial charge in [-0.25, -0.2) is 14.4 Å². The molecule has 9 atom stereocenters. The molecule has 0 aromatic heterocycles. The van der Waals surface area contributed by atoms with Crippen LogP contribution in [0.2, 0.25) is 0 Å². The van der Waals surface area contributed by atoms with Crippen LogP contribution in [0.5, 0.6) is 0 Å². The Balaban J connectivity index is 1.49. The fourth-order valence-electron chi connectivity index (χ4n) is 9.03. The van der Waals surface area contributed by atoms with E-state index in [1.165, 1.54) is 14.0 Å². The molecule has 3 aliphatic heterocycles. The van der Waals surface area contributed by atoms with E-state index in [0.717, 1.165) is 5.56 Å². The number of hydrogen-bond donors (Lipinski definition) is 0. The smallest absolute Gasteiger partial charge is 0.410 e. The van der Waals surface area contributed by atoms with E-state index in [1.54, 1.807) is 61.8 Å². The van der Waals surface area contributed by atoms with Crippen LogP contribution in [0.4, 0.5) is 9.59 Å². The molecule has 1 spiro atoms. The number of ether oxygens (including phenoxy) is 7. The van der Waals surface area contributed by atoms with Gasteiger partial charge in [0.2, 0.25) is 0 Å². The van der Waals surface area contributed by atoms with Crippen LogP contribution in [0.3, 0.4) is 0 Å². The molecule has 0 aliphatic carbocycles. The largest absolute Gasteiger partial charge is 0.463 e. The normalized spacial score (nSPS) is 29.8. The van der Waals surface area contributed by atoms with E-state index in [4.69, 9.17) is 33.2 Å². The molecule has 1 unspecified atom stereocenters. The Kier molecular flexibility index (Phi) is 16.4. The summed E-state index contributed by atoms with van der Waals surface area (Å²) in [6.07, 6.45) is -3.21. The number of esters is 2. The van der Waals surface area contributed by atoms with E-state index >= 15 is 0 Å². The zero-order chi connectivity index (χ0) is 46.3. The first-order valence-electron chi connectivity index (χ1n) is 22.1. The van der Waals surface area contributed by atoms with Gasteiger partial charge in [-0.15, -0.1) is 0 Å². The van der Waals surface area contributed by atoms with Gasteiger partial charge in [0.25, 0.3) is 0 Å². The lowest BCUT2D eigenvalue weighted by molar-refractivity contribution is -0.294. The highest BCUT2D eigenvalue weighted by Gasteiger charge is 2.52. The van der Waals surface area contributed by atoms with Crippen molar-refractivity contribution in [1.29, 1.82) is 0 Å². The number of cyclic esters (lactones) is 1. The summed E-state index contributed by atoms with van der Waals surface area (Å²) >= 11 is 0. The number of nitrogens with zero attached hydrogens (tertiary/aromatic N) is 3. The van der Waals surface area contributed by atoms with Crippen molar-refractivity contribution < 1.29 is 57.1 Å². The maximum atomic E-state index is 14.5. The van der Waals surface area contributed by atoms with E-state index in [9.17, 15) is 24.0 Å². The van der Waals surface area contributed by atoms with Crippen LogP contribution in [0.25, 0.3) is 0 Å². The van der Waals surface area contributed by atoms with Crippen molar-refractivity contribution in [2.75, 3.05) is 47.4 Å². The molecule has 3 fully saturated rings. The predicted molar refractivity (Wildman–Crippen MR) is 234 cm³/mol. The minimum absolute atomic E-state index is 0.107. The van der Waals surface area contributed by atoms with Crippen molar-refractivity contribution in [3.8, 4) is 0 Å². The SMILES string of the molecule is CO[C@]1(C)C[C@@H](C)CN(C(=O)OC(C)(C)C)C2(CCN(C(=O)OCc3ccccc3)CC2)COC(=O)C(C)C(=O)[C@H](C)[C@H]1O[C@@H]1O[C@H](C)C[C@H](N(C)C)[C@H]1OC(=O)c1ccccc1. The van der Waals surface area contributed by atoms with Gasteiger partial charge in [-0.1, -0.05) is 62.4 Å². The summed E-state index contributed by atoms with van der Waals surface area (Å²) < 4.78 is 43.7. The first-order chi connectivity index (χ1) is 29.7. The summed E-state index contributed by atoms with van der Waals surface area (Å²) in [6.45, 7) is 14.7. The summed E-state index contributed by atoms with van der Waals surface area (Å²) in [5.41, 5.74) is -1.98. The van der Waals surface area contributed by atoms with Crippen LogP contribution < -0.4 is 0 Å². The minimum atomic E-state index is -1.24. The lowest BCUT2D eigenvalue weighted by atomic mass is 9.78. The molecule has 2 aromatic rings. The Labute approximate surface area is 372 Å². The Morgan fingerprint density at radius 1 is 0.905 bits per heavy atom. The molecular weight excluding hydrogens is 811 g/mol. The Morgan fingerprint density at radius 2 is 1.52 bits per heavy atom. The zero-order valence-corrected chi connectivity index (χ0v) is 39.0. The van der Waals surface area contributed by atoms with Gasteiger partial charge < -0.3 is 43.0 Å². The van der Waals surface area contributed by atoms with Crippen molar-refractivity contribution in [3.63, 3.8) is 0 Å². The highest BCUT2D eigenvalue weighted by atomic mass is 16.7.